The topological polar surface area (TPSA) is 72.9 Å². The maximum Gasteiger partial charge on any atom is 0.417 e. The highest BCUT2D eigenvalue weighted by molar-refractivity contribution is 7.90. The van der Waals surface area contributed by atoms with E-state index in [1.54, 1.807) is 0 Å². The van der Waals surface area contributed by atoms with Crippen LogP contribution in [0.2, 0.25) is 0 Å². The highest BCUT2D eigenvalue weighted by Crippen LogP contribution is 2.54. The number of methoxy groups -OCH3 is 1. The van der Waals surface area contributed by atoms with E-state index in [1.165, 1.54) is 31.4 Å². The zero-order chi connectivity index (χ0) is 28.6. The second kappa shape index (κ2) is 10.4. The average Bonchev–Trinajstić information content (AvgIpc) is 3.71. The molecule has 39 heavy (non-hydrogen) atoms. The Hall–Kier alpha value is -3.22. The van der Waals surface area contributed by atoms with Gasteiger partial charge < -0.3 is 9.47 Å². The first-order chi connectivity index (χ1) is 18.2. The molecule has 6 nitrogen and oxygen atoms in total. The predicted octanol–water partition coefficient (Wildman–Crippen LogP) is 5.98. The lowest BCUT2D eigenvalue weighted by atomic mass is 9.78. The van der Waals surface area contributed by atoms with Crippen molar-refractivity contribution in [2.24, 2.45) is 0 Å². The molecule has 1 heterocycles. The standard InChI is InChI=1S/C26H25F6NO5S/c1-37-20-7-3-17(4-8-20)18-15-23(34)33(39(35,36)22-11-12-22)24(16-18,26(30,31)32)19-5-9-21(10-6-19)38-14-2-13-25(27,28)29/h3-10,15,22H,2,11-14,16H2,1H3. The summed E-state index contributed by atoms with van der Waals surface area (Å²) in [5.41, 5.74) is -3.51. The van der Waals surface area contributed by atoms with E-state index in [1.807, 2.05) is 0 Å². The van der Waals surface area contributed by atoms with Gasteiger partial charge >= 0.3 is 12.4 Å². The molecule has 1 saturated carbocycles. The van der Waals surface area contributed by atoms with Crippen LogP contribution >= 0.6 is 0 Å². The Morgan fingerprint density at radius 3 is 2.05 bits per heavy atom. The molecule has 0 N–H and O–H groups in total. The van der Waals surface area contributed by atoms with E-state index < -0.39 is 57.5 Å². The van der Waals surface area contributed by atoms with Gasteiger partial charge in [0.1, 0.15) is 11.5 Å². The Morgan fingerprint density at radius 1 is 0.949 bits per heavy atom. The summed E-state index contributed by atoms with van der Waals surface area (Å²) in [6.07, 6.45) is -10.7. The van der Waals surface area contributed by atoms with E-state index in [4.69, 9.17) is 9.47 Å². The second-order valence-electron chi connectivity index (χ2n) is 9.37. The summed E-state index contributed by atoms with van der Waals surface area (Å²) in [6, 6.07) is 10.2. The third-order valence-corrected chi connectivity index (χ3v) is 8.94. The monoisotopic (exact) mass is 577 g/mol. The quantitative estimate of drug-likeness (QED) is 0.271. The number of hydrogen-bond acceptors (Lipinski definition) is 5. The summed E-state index contributed by atoms with van der Waals surface area (Å²) in [7, 11) is -3.26. The van der Waals surface area contributed by atoms with Gasteiger partial charge in [0, 0.05) is 18.9 Å². The molecule has 0 saturated heterocycles. The van der Waals surface area contributed by atoms with Crippen molar-refractivity contribution in [3.05, 3.63) is 65.7 Å². The maximum absolute atomic E-state index is 15.1. The van der Waals surface area contributed by atoms with Crippen LogP contribution in [0.4, 0.5) is 26.3 Å². The molecule has 212 valence electrons. The van der Waals surface area contributed by atoms with Crippen molar-refractivity contribution in [2.75, 3.05) is 13.7 Å². The molecule has 0 spiro atoms. The minimum Gasteiger partial charge on any atom is -0.497 e. The molecule has 2 aromatic rings. The van der Waals surface area contributed by atoms with Gasteiger partial charge in [0.2, 0.25) is 10.0 Å². The van der Waals surface area contributed by atoms with Crippen LogP contribution < -0.4 is 9.47 Å². The zero-order valence-corrected chi connectivity index (χ0v) is 21.5. The van der Waals surface area contributed by atoms with Crippen molar-refractivity contribution in [2.45, 2.75) is 55.2 Å². The first kappa shape index (κ1) is 28.8. The molecular formula is C26H25F6NO5S. The summed E-state index contributed by atoms with van der Waals surface area (Å²) in [4.78, 5) is 13.3. The largest absolute Gasteiger partial charge is 0.497 e. The second-order valence-corrected chi connectivity index (χ2v) is 11.4. The van der Waals surface area contributed by atoms with Gasteiger partial charge in [0.05, 0.1) is 19.0 Å². The smallest absolute Gasteiger partial charge is 0.417 e. The number of carbonyl (C=O) groups excluding carboxylic acids is 1. The van der Waals surface area contributed by atoms with Gasteiger partial charge in [-0.1, -0.05) is 24.3 Å². The van der Waals surface area contributed by atoms with Crippen LogP contribution in [0.15, 0.2) is 54.6 Å². The fraction of sp³-hybridized carbons (Fsp3) is 0.423. The van der Waals surface area contributed by atoms with Gasteiger partial charge in [-0.05, 0) is 60.2 Å². The van der Waals surface area contributed by atoms with Crippen molar-refractivity contribution in [1.29, 1.82) is 0 Å². The van der Waals surface area contributed by atoms with Gasteiger partial charge in [-0.2, -0.15) is 26.3 Å². The van der Waals surface area contributed by atoms with E-state index in [2.05, 4.69) is 0 Å². The first-order valence-corrected chi connectivity index (χ1v) is 13.5. The van der Waals surface area contributed by atoms with Crippen LogP contribution in [0.1, 0.15) is 43.2 Å². The van der Waals surface area contributed by atoms with E-state index in [-0.39, 0.29) is 47.1 Å². The number of halogens is 6. The summed E-state index contributed by atoms with van der Waals surface area (Å²) >= 11 is 0. The lowest BCUT2D eigenvalue weighted by molar-refractivity contribution is -0.221. The Kier molecular flexibility index (Phi) is 7.67. The van der Waals surface area contributed by atoms with Crippen LogP contribution in [0.3, 0.4) is 0 Å². The normalized spacial score (nSPS) is 20.5. The number of rotatable bonds is 9. The molecule has 1 aliphatic carbocycles. The molecule has 0 radical (unpaired) electrons. The fourth-order valence-electron chi connectivity index (χ4n) is 4.53. The zero-order valence-electron chi connectivity index (χ0n) is 20.7. The number of carbonyl (C=O) groups is 1. The number of hydrogen-bond donors (Lipinski definition) is 0. The third-order valence-electron chi connectivity index (χ3n) is 6.63. The molecule has 1 unspecified atom stereocenters. The van der Waals surface area contributed by atoms with Crippen molar-refractivity contribution >= 4 is 21.5 Å². The molecule has 2 aromatic carbocycles. The lowest BCUT2D eigenvalue weighted by Gasteiger charge is -2.46. The Morgan fingerprint density at radius 2 is 1.54 bits per heavy atom. The van der Waals surface area contributed by atoms with E-state index in [0.717, 1.165) is 30.3 Å². The Balaban J connectivity index is 1.76. The summed E-state index contributed by atoms with van der Waals surface area (Å²) in [5, 5.41) is -1.10. The van der Waals surface area contributed by atoms with Gasteiger partial charge in [0.25, 0.3) is 5.91 Å². The summed E-state index contributed by atoms with van der Waals surface area (Å²) in [6.45, 7) is -0.325. The molecule has 1 atom stereocenters. The van der Waals surface area contributed by atoms with Crippen molar-refractivity contribution < 1.29 is 49.0 Å². The number of benzene rings is 2. The van der Waals surface area contributed by atoms with E-state index >= 15 is 13.2 Å². The van der Waals surface area contributed by atoms with Crippen molar-refractivity contribution in [3.63, 3.8) is 0 Å². The molecule has 4 rings (SSSR count). The number of alkyl halides is 6. The molecule has 0 bridgehead atoms. The average molecular weight is 578 g/mol. The summed E-state index contributed by atoms with van der Waals surface area (Å²) < 4.78 is 119. The van der Waals surface area contributed by atoms with Crippen molar-refractivity contribution in [3.8, 4) is 11.5 Å². The van der Waals surface area contributed by atoms with Gasteiger partial charge in [0.15, 0.2) is 5.54 Å². The van der Waals surface area contributed by atoms with E-state index in [0.29, 0.717) is 5.75 Å². The molecule has 1 fully saturated rings. The molecule has 13 heteroatoms. The van der Waals surface area contributed by atoms with Gasteiger partial charge in [-0.3, -0.25) is 4.79 Å². The molecular weight excluding hydrogens is 552 g/mol. The number of ether oxygens (including phenoxy) is 2. The number of amides is 1. The Bertz CT molecular complexity index is 1330. The van der Waals surface area contributed by atoms with Crippen molar-refractivity contribution in [1.82, 2.24) is 4.31 Å². The molecule has 2 aliphatic rings. The van der Waals surface area contributed by atoms with Crippen LogP contribution in [-0.2, 0) is 20.4 Å². The van der Waals surface area contributed by atoms with Crippen LogP contribution in [-0.4, -0.2) is 49.9 Å². The summed E-state index contributed by atoms with van der Waals surface area (Å²) in [5.74, 6) is -0.876. The van der Waals surface area contributed by atoms with Crippen LogP contribution in [0, 0.1) is 0 Å². The lowest BCUT2D eigenvalue weighted by Crippen LogP contribution is -2.62. The minimum atomic E-state index is -5.23. The maximum atomic E-state index is 15.1. The van der Waals surface area contributed by atoms with E-state index in [9.17, 15) is 26.4 Å². The molecule has 0 aromatic heterocycles. The Labute approximate surface area is 221 Å². The number of sulfonamides is 1. The highest BCUT2D eigenvalue weighted by atomic mass is 32.2. The van der Waals surface area contributed by atoms with Crippen LogP contribution in [0.25, 0.3) is 5.57 Å². The SMILES string of the molecule is COc1ccc(C2=CC(=O)N(S(=O)(=O)C3CC3)C(c3ccc(OCCCC(F)(F)F)cc3)(C(F)(F)F)C2)cc1. The molecule has 1 amide bonds. The predicted molar refractivity (Wildman–Crippen MR) is 129 cm³/mol. The van der Waals surface area contributed by atoms with Gasteiger partial charge in [-0.25, -0.2) is 12.7 Å². The van der Waals surface area contributed by atoms with Gasteiger partial charge in [-0.15, -0.1) is 0 Å². The minimum absolute atomic E-state index is 0.00269. The van der Waals surface area contributed by atoms with Crippen LogP contribution in [0.5, 0.6) is 11.5 Å². The fourth-order valence-corrected chi connectivity index (χ4v) is 6.57. The molecule has 1 aliphatic heterocycles. The highest BCUT2D eigenvalue weighted by Gasteiger charge is 2.67. The number of nitrogens with zero attached hydrogens (tertiary/aromatic N) is 1. The third kappa shape index (κ3) is 5.87. The first-order valence-electron chi connectivity index (χ1n) is 12.0.